The third kappa shape index (κ3) is 2.89. The summed E-state index contributed by atoms with van der Waals surface area (Å²) in [7, 11) is 3.09. The van der Waals surface area contributed by atoms with E-state index in [2.05, 4.69) is 10.5 Å². The first-order valence-electron chi connectivity index (χ1n) is 5.76. The Labute approximate surface area is 115 Å². The quantitative estimate of drug-likeness (QED) is 0.777. The van der Waals surface area contributed by atoms with E-state index in [1.165, 1.54) is 7.11 Å². The summed E-state index contributed by atoms with van der Waals surface area (Å²) >= 11 is 0. The van der Waals surface area contributed by atoms with Crippen molar-refractivity contribution in [2.24, 2.45) is 0 Å². The van der Waals surface area contributed by atoms with Crippen molar-refractivity contribution in [3.63, 3.8) is 0 Å². The lowest BCUT2D eigenvalue weighted by atomic mass is 10.1. The van der Waals surface area contributed by atoms with Crippen LogP contribution >= 0.6 is 0 Å². The summed E-state index contributed by atoms with van der Waals surface area (Å²) in [5, 5.41) is 10.1. The van der Waals surface area contributed by atoms with Gasteiger partial charge in [0.2, 0.25) is 0 Å². The molecule has 0 spiro atoms. The molecule has 0 aliphatic heterocycles. The predicted molar refractivity (Wildman–Crippen MR) is 72.1 cm³/mol. The molecule has 2 N–H and O–H groups in total. The average Bonchev–Trinajstić information content (AvgIpc) is 2.45. The zero-order chi connectivity index (χ0) is 14.5. The maximum atomic E-state index is 10.4. The number of aliphatic carboxylic acids is 1. The van der Waals surface area contributed by atoms with Crippen LogP contribution in [0.4, 0.5) is 5.82 Å². The first kappa shape index (κ1) is 13.9. The molecule has 106 valence electrons. The molecule has 1 heterocycles. The molecule has 0 saturated carbocycles. The van der Waals surface area contributed by atoms with Crippen molar-refractivity contribution in [1.82, 2.24) is 4.98 Å². The fourth-order valence-corrected chi connectivity index (χ4v) is 1.75. The number of nitrogens with one attached hydrogen (secondary N) is 1. The third-order valence-corrected chi connectivity index (χ3v) is 2.63. The minimum atomic E-state index is -1.07. The number of methoxy groups -OCH3 is 2. The highest BCUT2D eigenvalue weighted by Crippen LogP contribution is 2.34. The number of carboxylic acids is 1. The number of hydrogen-bond acceptors (Lipinski definition) is 6. The molecule has 0 saturated heterocycles. The highest BCUT2D eigenvalue weighted by Gasteiger charge is 2.10. The molecule has 0 bridgehead atoms. The van der Waals surface area contributed by atoms with Gasteiger partial charge in [0.15, 0.2) is 23.9 Å². The van der Waals surface area contributed by atoms with Crippen LogP contribution in [0.15, 0.2) is 24.4 Å². The van der Waals surface area contributed by atoms with Gasteiger partial charge in [-0.25, -0.2) is 15.3 Å². The molecule has 1 aromatic carbocycles. The maximum absolute atomic E-state index is 10.4. The maximum Gasteiger partial charge on any atom is 0.332 e. The Bertz CT molecular complexity index is 629. The van der Waals surface area contributed by atoms with Crippen LogP contribution in [-0.4, -0.2) is 36.9 Å². The van der Waals surface area contributed by atoms with Crippen LogP contribution in [-0.2, 0) is 9.63 Å². The molecule has 0 atom stereocenters. The predicted octanol–water partition coefficient (Wildman–Crippen LogP) is 1.68. The van der Waals surface area contributed by atoms with Gasteiger partial charge in [0.1, 0.15) is 0 Å². The zero-order valence-corrected chi connectivity index (χ0v) is 11.0. The Hall–Kier alpha value is -2.54. The van der Waals surface area contributed by atoms with Gasteiger partial charge < -0.3 is 14.6 Å². The van der Waals surface area contributed by atoms with Gasteiger partial charge in [-0.15, -0.1) is 0 Å². The minimum Gasteiger partial charge on any atom is -0.493 e. The summed E-state index contributed by atoms with van der Waals surface area (Å²) < 4.78 is 10.4. The number of ether oxygens (including phenoxy) is 2. The Morgan fingerprint density at radius 1 is 1.30 bits per heavy atom. The minimum absolute atomic E-state index is 0.407. The Morgan fingerprint density at radius 3 is 2.65 bits per heavy atom. The number of fused-ring (bicyclic) bond motifs is 1. The highest BCUT2D eigenvalue weighted by molar-refractivity contribution is 5.94. The van der Waals surface area contributed by atoms with Crippen molar-refractivity contribution in [3.05, 3.63) is 24.4 Å². The van der Waals surface area contributed by atoms with Crippen LogP contribution in [0.2, 0.25) is 0 Å². The van der Waals surface area contributed by atoms with Gasteiger partial charge in [0.25, 0.3) is 0 Å². The van der Waals surface area contributed by atoms with E-state index in [0.717, 1.165) is 10.8 Å². The normalized spacial score (nSPS) is 10.3. The molecule has 0 radical (unpaired) electrons. The standard InChI is InChI=1S/C13H14N2O5/c1-18-10-5-8-3-4-14-13(15-20-7-12(16)17)9(8)6-11(10)19-2/h3-6H,7H2,1-2H3,(H,14,15)(H,16,17). The molecule has 0 aliphatic rings. The second-order valence-corrected chi connectivity index (χ2v) is 3.87. The SMILES string of the molecule is COc1cc2ccnc(NOCC(=O)O)c2cc1OC. The molecule has 0 amide bonds. The number of carboxylic acid groups (broad SMARTS) is 1. The van der Waals surface area contributed by atoms with Crippen LogP contribution < -0.4 is 15.0 Å². The van der Waals surface area contributed by atoms with Gasteiger partial charge in [-0.3, -0.25) is 4.84 Å². The Kier molecular flexibility index (Phi) is 4.21. The summed E-state index contributed by atoms with van der Waals surface area (Å²) in [5.74, 6) is 0.486. The molecule has 0 aliphatic carbocycles. The van der Waals surface area contributed by atoms with Crippen molar-refractivity contribution in [3.8, 4) is 11.5 Å². The molecule has 7 nitrogen and oxygen atoms in total. The molecule has 20 heavy (non-hydrogen) atoms. The van der Waals surface area contributed by atoms with Crippen molar-refractivity contribution >= 4 is 22.6 Å². The molecule has 0 unspecified atom stereocenters. The molecule has 1 aromatic heterocycles. The number of anilines is 1. The number of carbonyl (C=O) groups is 1. The van der Waals surface area contributed by atoms with Crippen LogP contribution in [0.1, 0.15) is 0 Å². The van der Waals surface area contributed by atoms with Crippen LogP contribution in [0.25, 0.3) is 10.8 Å². The van der Waals surface area contributed by atoms with E-state index in [4.69, 9.17) is 19.4 Å². The molecular formula is C13H14N2O5. The van der Waals surface area contributed by atoms with Gasteiger partial charge in [0, 0.05) is 11.6 Å². The molecule has 7 heteroatoms. The third-order valence-electron chi connectivity index (χ3n) is 2.63. The molecule has 2 aromatic rings. The fraction of sp³-hybridized carbons (Fsp3) is 0.231. The smallest absolute Gasteiger partial charge is 0.332 e. The Morgan fingerprint density at radius 2 is 2.00 bits per heavy atom. The summed E-state index contributed by atoms with van der Waals surface area (Å²) in [6.07, 6.45) is 1.58. The molecule has 0 fully saturated rings. The van der Waals surface area contributed by atoms with Crippen LogP contribution in [0.3, 0.4) is 0 Å². The topological polar surface area (TPSA) is 89.9 Å². The van der Waals surface area contributed by atoms with E-state index in [-0.39, 0.29) is 0 Å². The number of aromatic nitrogens is 1. The Balaban J connectivity index is 2.37. The lowest BCUT2D eigenvalue weighted by Crippen LogP contribution is -2.12. The van der Waals surface area contributed by atoms with Crippen molar-refractivity contribution in [1.29, 1.82) is 0 Å². The van der Waals surface area contributed by atoms with E-state index in [1.807, 2.05) is 0 Å². The van der Waals surface area contributed by atoms with E-state index >= 15 is 0 Å². The summed E-state index contributed by atoms with van der Waals surface area (Å²) in [6, 6.07) is 5.35. The second kappa shape index (κ2) is 6.07. The lowest BCUT2D eigenvalue weighted by molar-refractivity contribution is -0.141. The summed E-state index contributed by atoms with van der Waals surface area (Å²) in [4.78, 5) is 19.4. The number of hydrogen-bond donors (Lipinski definition) is 2. The zero-order valence-electron chi connectivity index (χ0n) is 11.0. The van der Waals surface area contributed by atoms with E-state index in [0.29, 0.717) is 17.3 Å². The van der Waals surface area contributed by atoms with Gasteiger partial charge in [-0.1, -0.05) is 0 Å². The lowest BCUT2D eigenvalue weighted by Gasteiger charge is -2.12. The van der Waals surface area contributed by atoms with Gasteiger partial charge in [-0.05, 0) is 23.6 Å². The van der Waals surface area contributed by atoms with Gasteiger partial charge in [0.05, 0.1) is 14.2 Å². The number of nitrogens with zero attached hydrogens (tertiary/aromatic N) is 1. The van der Waals surface area contributed by atoms with E-state index in [1.54, 1.807) is 31.5 Å². The second-order valence-electron chi connectivity index (χ2n) is 3.87. The molecular weight excluding hydrogens is 264 g/mol. The number of rotatable bonds is 6. The van der Waals surface area contributed by atoms with Gasteiger partial charge >= 0.3 is 5.97 Å². The first-order chi connectivity index (χ1) is 9.65. The highest BCUT2D eigenvalue weighted by atomic mass is 16.7. The van der Waals surface area contributed by atoms with E-state index in [9.17, 15) is 4.79 Å². The molecule has 2 rings (SSSR count). The van der Waals surface area contributed by atoms with Crippen molar-refractivity contribution in [2.75, 3.05) is 26.3 Å². The van der Waals surface area contributed by atoms with Crippen molar-refractivity contribution < 1.29 is 24.2 Å². The first-order valence-corrected chi connectivity index (χ1v) is 5.76. The van der Waals surface area contributed by atoms with Crippen LogP contribution in [0.5, 0.6) is 11.5 Å². The number of benzene rings is 1. The summed E-state index contributed by atoms with van der Waals surface area (Å²) in [5.41, 5.74) is 2.52. The largest absolute Gasteiger partial charge is 0.493 e. The van der Waals surface area contributed by atoms with E-state index < -0.39 is 12.6 Å². The van der Waals surface area contributed by atoms with Crippen LogP contribution in [0, 0.1) is 0 Å². The number of pyridine rings is 1. The van der Waals surface area contributed by atoms with Gasteiger partial charge in [-0.2, -0.15) is 0 Å². The average molecular weight is 278 g/mol. The van der Waals surface area contributed by atoms with Crippen molar-refractivity contribution in [2.45, 2.75) is 0 Å². The summed E-state index contributed by atoms with van der Waals surface area (Å²) in [6.45, 7) is -0.467. The monoisotopic (exact) mass is 278 g/mol. The fourth-order valence-electron chi connectivity index (χ4n) is 1.75.